The van der Waals surface area contributed by atoms with E-state index < -0.39 is 12.1 Å². The molecule has 0 aliphatic rings. The van der Waals surface area contributed by atoms with E-state index >= 15 is 0 Å². The van der Waals surface area contributed by atoms with Gasteiger partial charge in [-0.2, -0.15) is 4.57 Å². The number of hydrogen-bond donors (Lipinski definition) is 1. The summed E-state index contributed by atoms with van der Waals surface area (Å²) in [5.41, 5.74) is 1.59. The van der Waals surface area contributed by atoms with Crippen molar-refractivity contribution in [3.05, 3.63) is 66.0 Å². The van der Waals surface area contributed by atoms with Crippen LogP contribution in [0.1, 0.15) is 22.8 Å². The lowest BCUT2D eigenvalue weighted by Gasteiger charge is -2.13. The molecule has 25 heavy (non-hydrogen) atoms. The van der Waals surface area contributed by atoms with Crippen molar-refractivity contribution in [1.82, 2.24) is 5.32 Å². The molecule has 0 radical (unpaired) electrons. The molecule has 0 spiro atoms. The number of nitrogens with zero attached hydrogens (tertiary/aromatic N) is 1. The van der Waals surface area contributed by atoms with Gasteiger partial charge in [-0.25, -0.2) is 9.59 Å². The monoisotopic (exact) mass is 364 g/mol. The maximum absolute atomic E-state index is 11.8. The fraction of sp³-hybridized carbons (Fsp3) is 0.278. The minimum absolute atomic E-state index is 0. The summed E-state index contributed by atoms with van der Waals surface area (Å²) in [5.74, 6) is -0.407. The second kappa shape index (κ2) is 10.3. The van der Waals surface area contributed by atoms with Crippen molar-refractivity contribution < 1.29 is 36.0 Å². The van der Waals surface area contributed by atoms with E-state index in [4.69, 9.17) is 4.74 Å². The number of nitrogens with one attached hydrogen (secondary N) is 1. The largest absolute Gasteiger partial charge is 1.00 e. The quantitative estimate of drug-likeness (QED) is 0.532. The standard InChI is InChI=1S/C18H20N2O4.ClH/c1-14(12-15-6-4-3-5-7-15)19-18(22)24-13-20-10-8-16(9-11-20)17(21)23-2;/h3-11,14H,12-13H2,1-2H3;1H/t14-;/m0./s1. The average molecular weight is 365 g/mol. The fourth-order valence-electron chi connectivity index (χ4n) is 2.19. The Labute approximate surface area is 153 Å². The van der Waals surface area contributed by atoms with Gasteiger partial charge >= 0.3 is 12.1 Å². The fourth-order valence-corrected chi connectivity index (χ4v) is 2.19. The van der Waals surface area contributed by atoms with Crippen molar-refractivity contribution in [2.75, 3.05) is 7.11 Å². The Bertz CT molecular complexity index is 677. The number of methoxy groups -OCH3 is 1. The molecule has 1 heterocycles. The van der Waals surface area contributed by atoms with Crippen LogP contribution in [0.5, 0.6) is 0 Å². The first-order chi connectivity index (χ1) is 11.6. The molecule has 0 aliphatic carbocycles. The SMILES string of the molecule is COC(=O)c1cc[n+](COC(=O)N[C@@H](C)Cc2ccccc2)cc1.[Cl-]. The summed E-state index contributed by atoms with van der Waals surface area (Å²) < 4.78 is 11.4. The van der Waals surface area contributed by atoms with Crippen LogP contribution < -0.4 is 22.3 Å². The highest BCUT2D eigenvalue weighted by molar-refractivity contribution is 5.88. The first-order valence-electron chi connectivity index (χ1n) is 7.63. The van der Waals surface area contributed by atoms with Crippen molar-refractivity contribution >= 4 is 12.1 Å². The van der Waals surface area contributed by atoms with Crippen LogP contribution in [0.15, 0.2) is 54.9 Å². The van der Waals surface area contributed by atoms with Gasteiger partial charge in [-0.3, -0.25) is 0 Å². The third kappa shape index (κ3) is 6.81. The summed E-state index contributed by atoms with van der Waals surface area (Å²) in [6.45, 7) is 1.98. The summed E-state index contributed by atoms with van der Waals surface area (Å²) >= 11 is 0. The molecule has 6 nitrogen and oxygen atoms in total. The van der Waals surface area contributed by atoms with Gasteiger partial charge in [0.2, 0.25) is 0 Å². The number of halogens is 1. The van der Waals surface area contributed by atoms with Gasteiger partial charge in [0.05, 0.1) is 12.7 Å². The lowest BCUT2D eigenvalue weighted by atomic mass is 10.1. The van der Waals surface area contributed by atoms with Crippen LogP contribution in [0.2, 0.25) is 0 Å². The summed E-state index contributed by atoms with van der Waals surface area (Å²) in [7, 11) is 1.33. The van der Waals surface area contributed by atoms with Crippen LogP contribution in [-0.2, 0) is 22.6 Å². The number of hydrogen-bond acceptors (Lipinski definition) is 4. The van der Waals surface area contributed by atoms with Gasteiger partial charge in [-0.1, -0.05) is 30.3 Å². The van der Waals surface area contributed by atoms with Crippen LogP contribution in [0.25, 0.3) is 0 Å². The zero-order chi connectivity index (χ0) is 17.4. The predicted octanol–water partition coefficient (Wildman–Crippen LogP) is -0.920. The van der Waals surface area contributed by atoms with Crippen LogP contribution in [0.4, 0.5) is 4.79 Å². The minimum Gasteiger partial charge on any atom is -1.00 e. The number of benzene rings is 1. The minimum atomic E-state index is -0.483. The molecule has 0 unspecified atom stereocenters. The highest BCUT2D eigenvalue weighted by atomic mass is 35.5. The molecular formula is C18H21ClN2O4. The van der Waals surface area contributed by atoms with Gasteiger partial charge in [0.1, 0.15) is 0 Å². The Kier molecular flexibility index (Phi) is 8.43. The number of carbonyl (C=O) groups is 2. The van der Waals surface area contributed by atoms with Gasteiger partial charge in [-0.05, 0) is 18.9 Å². The first-order valence-corrected chi connectivity index (χ1v) is 7.63. The van der Waals surface area contributed by atoms with Crippen molar-refractivity contribution in [2.45, 2.75) is 26.1 Å². The lowest BCUT2D eigenvalue weighted by molar-refractivity contribution is -0.727. The third-order valence-corrected chi connectivity index (χ3v) is 3.41. The summed E-state index contributed by atoms with van der Waals surface area (Å²) in [5, 5.41) is 2.79. The van der Waals surface area contributed by atoms with Crippen molar-refractivity contribution in [3.63, 3.8) is 0 Å². The molecule has 134 valence electrons. The second-order valence-corrected chi connectivity index (χ2v) is 5.39. The number of alkyl carbamates (subject to hydrolysis) is 1. The van der Waals surface area contributed by atoms with Crippen LogP contribution in [0, 0.1) is 0 Å². The third-order valence-electron chi connectivity index (χ3n) is 3.41. The number of rotatable bonds is 6. The molecule has 1 aromatic carbocycles. The van der Waals surface area contributed by atoms with Gasteiger partial charge < -0.3 is 27.2 Å². The number of esters is 1. The number of ether oxygens (including phenoxy) is 2. The average Bonchev–Trinajstić information content (AvgIpc) is 2.60. The van der Waals surface area contributed by atoms with E-state index in [2.05, 4.69) is 10.1 Å². The molecular weight excluding hydrogens is 344 g/mol. The van der Waals surface area contributed by atoms with Crippen molar-refractivity contribution in [2.24, 2.45) is 0 Å². The van der Waals surface area contributed by atoms with Crippen molar-refractivity contribution in [3.8, 4) is 0 Å². The van der Waals surface area contributed by atoms with E-state index in [0.717, 1.165) is 12.0 Å². The molecule has 1 N–H and O–H groups in total. The first kappa shape index (κ1) is 20.4. The van der Waals surface area contributed by atoms with Crippen LogP contribution in [-0.4, -0.2) is 25.2 Å². The maximum atomic E-state index is 11.8. The van der Waals surface area contributed by atoms with E-state index in [0.29, 0.717) is 5.56 Å². The Morgan fingerprint density at radius 2 is 1.76 bits per heavy atom. The lowest BCUT2D eigenvalue weighted by Crippen LogP contribution is -3.00. The predicted molar refractivity (Wildman–Crippen MR) is 87.2 cm³/mol. The zero-order valence-electron chi connectivity index (χ0n) is 14.1. The zero-order valence-corrected chi connectivity index (χ0v) is 14.9. The van der Waals surface area contributed by atoms with Gasteiger partial charge in [-0.15, -0.1) is 0 Å². The Hall–Kier alpha value is -2.60. The van der Waals surface area contributed by atoms with Crippen LogP contribution in [0.3, 0.4) is 0 Å². The molecule has 2 rings (SSSR count). The number of pyridine rings is 1. The van der Waals surface area contributed by atoms with Gasteiger partial charge in [0.25, 0.3) is 6.73 Å². The smallest absolute Gasteiger partial charge is 0.412 e. The van der Waals surface area contributed by atoms with Gasteiger partial charge in [0.15, 0.2) is 12.4 Å². The normalized spacial score (nSPS) is 11.0. The Morgan fingerprint density at radius 1 is 1.12 bits per heavy atom. The highest BCUT2D eigenvalue weighted by Gasteiger charge is 2.12. The second-order valence-electron chi connectivity index (χ2n) is 5.39. The molecule has 0 saturated carbocycles. The molecule has 1 amide bonds. The summed E-state index contributed by atoms with van der Waals surface area (Å²) in [6.07, 6.45) is 3.54. The Morgan fingerprint density at radius 3 is 2.36 bits per heavy atom. The van der Waals surface area contributed by atoms with E-state index in [-0.39, 0.29) is 25.2 Å². The van der Waals surface area contributed by atoms with Gasteiger partial charge in [0, 0.05) is 18.2 Å². The van der Waals surface area contributed by atoms with E-state index in [1.807, 2.05) is 37.3 Å². The molecule has 0 bridgehead atoms. The molecule has 1 atom stereocenters. The molecule has 0 fully saturated rings. The number of carbonyl (C=O) groups excluding carboxylic acids is 2. The molecule has 0 aliphatic heterocycles. The van der Waals surface area contributed by atoms with Crippen molar-refractivity contribution in [1.29, 1.82) is 0 Å². The number of aromatic nitrogens is 1. The molecule has 0 saturated heterocycles. The number of amides is 1. The summed E-state index contributed by atoms with van der Waals surface area (Å²) in [6, 6.07) is 13.1. The molecule has 7 heteroatoms. The highest BCUT2D eigenvalue weighted by Crippen LogP contribution is 2.03. The van der Waals surface area contributed by atoms with Crippen LogP contribution >= 0.6 is 0 Å². The molecule has 2 aromatic rings. The maximum Gasteiger partial charge on any atom is 0.412 e. The van der Waals surface area contributed by atoms with E-state index in [1.54, 1.807) is 29.1 Å². The molecule has 1 aromatic heterocycles. The Balaban J connectivity index is 0.00000312. The van der Waals surface area contributed by atoms with E-state index in [1.165, 1.54) is 7.11 Å². The summed E-state index contributed by atoms with van der Waals surface area (Å²) in [4.78, 5) is 23.2. The topological polar surface area (TPSA) is 68.5 Å². The van der Waals surface area contributed by atoms with E-state index in [9.17, 15) is 9.59 Å².